The molecule has 0 bridgehead atoms. The van der Waals surface area contributed by atoms with Gasteiger partial charge < -0.3 is 5.32 Å². The summed E-state index contributed by atoms with van der Waals surface area (Å²) in [6.07, 6.45) is 5.71. The van der Waals surface area contributed by atoms with Gasteiger partial charge in [0.15, 0.2) is 0 Å². The average Bonchev–Trinajstić information content (AvgIpc) is 1.96. The van der Waals surface area contributed by atoms with Crippen LogP contribution in [0.25, 0.3) is 0 Å². The fourth-order valence-corrected chi connectivity index (χ4v) is 0.792. The van der Waals surface area contributed by atoms with E-state index in [0.717, 1.165) is 0 Å². The molecule has 1 aliphatic rings. The molecule has 0 aromatic carbocycles. The summed E-state index contributed by atoms with van der Waals surface area (Å²) < 4.78 is 0. The normalized spacial score (nSPS) is 29.3. The molecule has 0 spiro atoms. The predicted octanol–water partition coefficient (Wildman–Crippen LogP) is 1.55. The first kappa shape index (κ1) is 7.32. The van der Waals surface area contributed by atoms with Crippen molar-refractivity contribution in [2.75, 3.05) is 0 Å². The lowest BCUT2D eigenvalue weighted by molar-refractivity contribution is 0.370. The first-order valence-corrected chi connectivity index (χ1v) is 3.58. The highest BCUT2D eigenvalue weighted by atomic mass is 15.0. The van der Waals surface area contributed by atoms with Gasteiger partial charge in [0.05, 0.1) is 6.34 Å². The fourth-order valence-electron chi connectivity index (χ4n) is 0.792. The summed E-state index contributed by atoms with van der Waals surface area (Å²) in [6, 6.07) is 0.454. The zero-order valence-corrected chi connectivity index (χ0v) is 6.76. The highest BCUT2D eigenvalue weighted by molar-refractivity contribution is 5.56. The van der Waals surface area contributed by atoms with E-state index >= 15 is 0 Å². The van der Waals surface area contributed by atoms with Gasteiger partial charge in [0, 0.05) is 17.7 Å². The minimum Gasteiger partial charge on any atom is -0.373 e. The molecular formula is C8H14N2. The van der Waals surface area contributed by atoms with Gasteiger partial charge in [-0.3, -0.25) is 0 Å². The van der Waals surface area contributed by atoms with E-state index in [-0.39, 0.29) is 5.41 Å². The third-order valence-electron chi connectivity index (χ3n) is 2.11. The average molecular weight is 138 g/mol. The van der Waals surface area contributed by atoms with Crippen LogP contribution in [0.2, 0.25) is 0 Å². The first-order valence-electron chi connectivity index (χ1n) is 3.58. The molecule has 2 nitrogen and oxygen atoms in total. The van der Waals surface area contributed by atoms with E-state index in [2.05, 4.69) is 37.2 Å². The van der Waals surface area contributed by atoms with E-state index in [1.165, 1.54) is 0 Å². The summed E-state index contributed by atoms with van der Waals surface area (Å²) in [5, 5.41) is 3.18. The highest BCUT2D eigenvalue weighted by Gasteiger charge is 2.22. The van der Waals surface area contributed by atoms with Crippen molar-refractivity contribution in [2.24, 2.45) is 10.4 Å². The lowest BCUT2D eigenvalue weighted by Crippen LogP contribution is -2.36. The minimum absolute atomic E-state index is 0.205. The molecule has 0 fully saturated rings. The maximum atomic E-state index is 4.00. The highest BCUT2D eigenvalue weighted by Crippen LogP contribution is 2.22. The second-order valence-corrected chi connectivity index (χ2v) is 3.30. The van der Waals surface area contributed by atoms with Gasteiger partial charge in [-0.25, -0.2) is 4.99 Å². The molecule has 0 radical (unpaired) electrons. The van der Waals surface area contributed by atoms with Crippen LogP contribution in [-0.4, -0.2) is 12.4 Å². The molecule has 1 atom stereocenters. The molecule has 1 heterocycles. The summed E-state index contributed by atoms with van der Waals surface area (Å²) in [7, 11) is 0. The zero-order chi connectivity index (χ0) is 7.61. The van der Waals surface area contributed by atoms with Crippen LogP contribution in [0.1, 0.15) is 20.8 Å². The van der Waals surface area contributed by atoms with Gasteiger partial charge in [-0.15, -0.1) is 0 Å². The summed E-state index contributed by atoms with van der Waals surface area (Å²) in [5.74, 6) is 0. The third kappa shape index (κ3) is 1.38. The van der Waals surface area contributed by atoms with Crippen molar-refractivity contribution in [3.8, 4) is 0 Å². The van der Waals surface area contributed by atoms with Crippen molar-refractivity contribution in [1.29, 1.82) is 0 Å². The lowest BCUT2D eigenvalue weighted by atomic mass is 9.86. The molecule has 0 saturated carbocycles. The third-order valence-corrected chi connectivity index (χ3v) is 2.11. The van der Waals surface area contributed by atoms with Gasteiger partial charge in [0.1, 0.15) is 0 Å². The Bertz CT molecular complexity index is 168. The Morgan fingerprint density at radius 2 is 2.20 bits per heavy atom. The van der Waals surface area contributed by atoms with Crippen molar-refractivity contribution in [3.63, 3.8) is 0 Å². The Hall–Kier alpha value is -0.790. The van der Waals surface area contributed by atoms with Crippen molar-refractivity contribution >= 4 is 6.34 Å². The quantitative estimate of drug-likeness (QED) is 0.539. The second kappa shape index (κ2) is 2.45. The zero-order valence-electron chi connectivity index (χ0n) is 6.76. The molecule has 1 rings (SSSR count). The van der Waals surface area contributed by atoms with E-state index in [4.69, 9.17) is 0 Å². The van der Waals surface area contributed by atoms with E-state index in [0.29, 0.717) is 6.04 Å². The van der Waals surface area contributed by atoms with Gasteiger partial charge in [-0.05, 0) is 6.92 Å². The monoisotopic (exact) mass is 138 g/mol. The van der Waals surface area contributed by atoms with Gasteiger partial charge in [0.2, 0.25) is 0 Å². The number of aliphatic imine (C=N–C) groups is 1. The Balaban J connectivity index is 2.76. The summed E-state index contributed by atoms with van der Waals surface area (Å²) in [5.41, 5.74) is 0.205. The maximum Gasteiger partial charge on any atom is 0.0881 e. The molecule has 0 aromatic rings. The Morgan fingerprint density at radius 3 is 2.90 bits per heavy atom. The summed E-state index contributed by atoms with van der Waals surface area (Å²) >= 11 is 0. The molecule has 2 heteroatoms. The van der Waals surface area contributed by atoms with E-state index in [1.54, 1.807) is 6.34 Å². The van der Waals surface area contributed by atoms with Crippen LogP contribution >= 0.6 is 0 Å². The number of hydrogen-bond donors (Lipinski definition) is 1. The fraction of sp³-hybridized carbons (Fsp3) is 0.625. The Morgan fingerprint density at radius 1 is 1.50 bits per heavy atom. The molecule has 0 aromatic heterocycles. The number of rotatable bonds is 0. The van der Waals surface area contributed by atoms with Gasteiger partial charge in [0.25, 0.3) is 0 Å². The van der Waals surface area contributed by atoms with E-state index in [9.17, 15) is 0 Å². The van der Waals surface area contributed by atoms with Crippen molar-refractivity contribution in [1.82, 2.24) is 5.32 Å². The van der Waals surface area contributed by atoms with Crippen LogP contribution in [0, 0.1) is 5.41 Å². The van der Waals surface area contributed by atoms with Crippen LogP contribution in [0.3, 0.4) is 0 Å². The molecule has 0 amide bonds. The minimum atomic E-state index is 0.205. The largest absolute Gasteiger partial charge is 0.373 e. The topological polar surface area (TPSA) is 24.4 Å². The number of nitrogens with one attached hydrogen (secondary N) is 1. The molecule has 1 N–H and O–H groups in total. The first-order chi connectivity index (χ1) is 4.63. The summed E-state index contributed by atoms with van der Waals surface area (Å²) in [4.78, 5) is 4.00. The number of nitrogens with zero attached hydrogens (tertiary/aromatic N) is 1. The Labute approximate surface area is 62.0 Å². The van der Waals surface area contributed by atoms with Gasteiger partial charge in [-0.2, -0.15) is 0 Å². The van der Waals surface area contributed by atoms with Crippen LogP contribution in [0.15, 0.2) is 17.3 Å². The van der Waals surface area contributed by atoms with Crippen LogP contribution in [0.4, 0.5) is 0 Å². The van der Waals surface area contributed by atoms with Crippen LogP contribution in [-0.2, 0) is 0 Å². The van der Waals surface area contributed by atoms with E-state index < -0.39 is 0 Å². The standard InChI is InChI=1S/C8H14N2/c1-7-8(2,3)4-5-9-6-10-7/h4-7H,1-3H3,(H,9,10). The van der Waals surface area contributed by atoms with Crippen LogP contribution in [0.5, 0.6) is 0 Å². The van der Waals surface area contributed by atoms with Gasteiger partial charge in [-0.1, -0.05) is 19.9 Å². The molecule has 0 aliphatic carbocycles. The van der Waals surface area contributed by atoms with Crippen molar-refractivity contribution in [2.45, 2.75) is 26.8 Å². The molecule has 10 heavy (non-hydrogen) atoms. The molecule has 56 valence electrons. The van der Waals surface area contributed by atoms with Gasteiger partial charge >= 0.3 is 0 Å². The molecule has 0 saturated heterocycles. The molecule has 1 unspecified atom stereocenters. The summed E-state index contributed by atoms with van der Waals surface area (Å²) in [6.45, 7) is 6.54. The number of hydrogen-bond acceptors (Lipinski definition) is 2. The SMILES string of the molecule is CC1NC=NC=CC1(C)C. The predicted molar refractivity (Wildman–Crippen MR) is 44.0 cm³/mol. The van der Waals surface area contributed by atoms with Crippen molar-refractivity contribution in [3.05, 3.63) is 12.3 Å². The maximum absolute atomic E-state index is 4.00. The second-order valence-electron chi connectivity index (χ2n) is 3.30. The van der Waals surface area contributed by atoms with Crippen LogP contribution < -0.4 is 5.32 Å². The molecule has 1 aliphatic heterocycles. The molecular weight excluding hydrogens is 124 g/mol. The Kier molecular flexibility index (Phi) is 1.79. The van der Waals surface area contributed by atoms with Crippen molar-refractivity contribution < 1.29 is 0 Å². The lowest BCUT2D eigenvalue weighted by Gasteiger charge is -2.26. The van der Waals surface area contributed by atoms with E-state index in [1.807, 2.05) is 6.20 Å². The smallest absolute Gasteiger partial charge is 0.0881 e.